The molecular formula is C53H65ClN6O7S. The molecule has 3 aliphatic rings. The van der Waals surface area contributed by atoms with Crippen LogP contribution in [0.1, 0.15) is 119 Å². The van der Waals surface area contributed by atoms with Crippen LogP contribution in [0, 0.1) is 40.4 Å². The number of thiazole rings is 1. The van der Waals surface area contributed by atoms with E-state index in [0.29, 0.717) is 34.4 Å². The summed E-state index contributed by atoms with van der Waals surface area (Å²) < 4.78 is 12.3. The van der Waals surface area contributed by atoms with Crippen molar-refractivity contribution < 1.29 is 33.8 Å². The fraction of sp³-hybridized carbons (Fsp3) is 0.509. The third kappa shape index (κ3) is 11.2. The van der Waals surface area contributed by atoms with Crippen LogP contribution in [-0.4, -0.2) is 88.7 Å². The van der Waals surface area contributed by atoms with Crippen molar-refractivity contribution in [3.63, 3.8) is 0 Å². The molecule has 3 atom stereocenters. The normalized spacial score (nSPS) is 23.4. The molecule has 4 N–H and O–H groups in total. The van der Waals surface area contributed by atoms with Gasteiger partial charge in [0.1, 0.15) is 36.6 Å². The van der Waals surface area contributed by atoms with Crippen LogP contribution in [0.25, 0.3) is 10.4 Å². The maximum absolute atomic E-state index is 14.1. The molecule has 4 amide bonds. The number of hydrogen-bond acceptors (Lipinski definition) is 10. The van der Waals surface area contributed by atoms with E-state index >= 15 is 0 Å². The van der Waals surface area contributed by atoms with E-state index in [1.807, 2.05) is 81.7 Å². The molecule has 2 aliphatic carbocycles. The maximum atomic E-state index is 14.1. The molecule has 2 saturated carbocycles. The Hall–Kier alpha value is -5.33. The third-order valence-corrected chi connectivity index (χ3v) is 15.5. The van der Waals surface area contributed by atoms with Gasteiger partial charge in [-0.3, -0.25) is 19.2 Å². The van der Waals surface area contributed by atoms with Gasteiger partial charge in [-0.25, -0.2) is 4.98 Å². The molecule has 0 unspecified atom stereocenters. The number of nitrogens with one attached hydrogen (secondary N) is 3. The highest BCUT2D eigenvalue weighted by Gasteiger charge is 2.64. The number of nitrogens with zero attached hydrogens (tertiary/aromatic N) is 3. The number of carbonyl (C=O) groups excluding carboxylic acids is 4. The summed E-state index contributed by atoms with van der Waals surface area (Å²) in [5, 5.41) is 29.3. The predicted octanol–water partition coefficient (Wildman–Crippen LogP) is 8.36. The molecule has 7 rings (SSSR count). The van der Waals surface area contributed by atoms with Gasteiger partial charge in [-0.1, -0.05) is 96.5 Å². The number of ether oxygens (including phenoxy) is 2. The van der Waals surface area contributed by atoms with Gasteiger partial charge in [-0.15, -0.1) is 11.3 Å². The molecule has 0 spiro atoms. The van der Waals surface area contributed by atoms with Gasteiger partial charge in [-0.2, -0.15) is 5.26 Å². The highest BCUT2D eigenvalue weighted by Crippen LogP contribution is 2.55. The van der Waals surface area contributed by atoms with Gasteiger partial charge in [-0.05, 0) is 90.8 Å². The Morgan fingerprint density at radius 3 is 2.26 bits per heavy atom. The van der Waals surface area contributed by atoms with Crippen LogP contribution in [0.5, 0.6) is 5.75 Å². The summed E-state index contributed by atoms with van der Waals surface area (Å²) in [6.45, 7) is 16.4. The lowest BCUT2D eigenvalue weighted by atomic mass is 9.49. The molecule has 3 aromatic carbocycles. The number of aliphatic hydroxyl groups excluding tert-OH is 1. The van der Waals surface area contributed by atoms with E-state index in [0.717, 1.165) is 47.4 Å². The van der Waals surface area contributed by atoms with Crippen molar-refractivity contribution in [2.24, 2.45) is 22.2 Å². The van der Waals surface area contributed by atoms with Crippen molar-refractivity contribution in [3.8, 4) is 22.3 Å². The average molecular weight is 966 g/mol. The van der Waals surface area contributed by atoms with Crippen molar-refractivity contribution >= 4 is 46.6 Å². The summed E-state index contributed by atoms with van der Waals surface area (Å²) >= 11 is 7.84. The van der Waals surface area contributed by atoms with Crippen LogP contribution in [0.2, 0.25) is 5.02 Å². The van der Waals surface area contributed by atoms with E-state index in [1.165, 1.54) is 10.5 Å². The first-order valence-electron chi connectivity index (χ1n) is 23.6. The van der Waals surface area contributed by atoms with E-state index in [-0.39, 0.29) is 66.8 Å². The molecule has 3 fully saturated rings. The molecule has 1 aromatic heterocycles. The lowest BCUT2D eigenvalue weighted by Gasteiger charge is -2.63. The molecule has 4 aromatic rings. The second-order valence-electron chi connectivity index (χ2n) is 21.1. The number of rotatable bonds is 15. The van der Waals surface area contributed by atoms with Gasteiger partial charge in [0.05, 0.1) is 39.4 Å². The van der Waals surface area contributed by atoms with Crippen molar-refractivity contribution in [2.45, 2.75) is 130 Å². The molecule has 1 aliphatic heterocycles. The number of aryl methyl sites for hydroxylation is 1. The Labute approximate surface area is 409 Å². The first kappa shape index (κ1) is 50.5. The molecule has 68 heavy (non-hydrogen) atoms. The van der Waals surface area contributed by atoms with Crippen LogP contribution in [-0.2, 0) is 25.7 Å². The first-order chi connectivity index (χ1) is 32.2. The van der Waals surface area contributed by atoms with E-state index in [1.54, 1.807) is 29.5 Å². The number of amides is 4. The number of likely N-dealkylation sites (tertiary alicyclic amines) is 1. The SMILES string of the molecule is Cc1ncsc1-c1ccc(CNC(=O)[C@@H]2C[C@@H](O)CN2C(=O)[C@@H](NC(=O)COCC2CCC(c3ccc(C(=O)NC4C(C)(C)C(Oc5ccc(C#N)c(Cl)c5)C4(C)C)cc3)CC2)C(C)(C)C)cc1. The summed E-state index contributed by atoms with van der Waals surface area (Å²) in [6.07, 6.45) is 2.82. The minimum absolute atomic E-state index is 0.00453. The van der Waals surface area contributed by atoms with Crippen LogP contribution in [0.15, 0.2) is 72.2 Å². The lowest BCUT2D eigenvalue weighted by molar-refractivity contribution is -0.164. The largest absolute Gasteiger partial charge is 0.489 e. The van der Waals surface area contributed by atoms with Gasteiger partial charge in [0.25, 0.3) is 5.91 Å². The van der Waals surface area contributed by atoms with Gasteiger partial charge in [0, 0.05) is 48.0 Å². The number of halogens is 1. The molecule has 2 heterocycles. The van der Waals surface area contributed by atoms with Gasteiger partial charge in [0.2, 0.25) is 17.7 Å². The molecule has 15 heteroatoms. The summed E-state index contributed by atoms with van der Waals surface area (Å²) in [5.74, 6) is -0.112. The van der Waals surface area contributed by atoms with Gasteiger partial charge in [0.15, 0.2) is 0 Å². The van der Waals surface area contributed by atoms with Crippen molar-refractivity contribution in [1.29, 1.82) is 5.26 Å². The Kier molecular flexibility index (Phi) is 15.4. The predicted molar refractivity (Wildman–Crippen MR) is 263 cm³/mol. The third-order valence-electron chi connectivity index (χ3n) is 14.2. The van der Waals surface area contributed by atoms with Crippen LogP contribution < -0.4 is 20.7 Å². The Morgan fingerprint density at radius 2 is 1.66 bits per heavy atom. The van der Waals surface area contributed by atoms with Gasteiger partial charge >= 0.3 is 0 Å². The number of aliphatic hydroxyl groups is 1. The quantitative estimate of drug-likeness (QED) is 0.0910. The standard InChI is InChI=1S/C53H65ClN6O7S/c1-31-44(68-30-57-31)36-15-9-32(10-16-36)26-56-47(64)42-23-39(61)27-60(42)48(65)45(51(2,3)4)58-43(62)29-66-28-33-11-13-34(14-12-33)35-17-19-37(20-18-35)46(63)59-49-52(5,6)50(53(49,7)8)67-40-22-21-38(25-55)41(54)24-40/h9-10,15-22,24,30,33-34,39,42,45,49-50,61H,11-14,23,26-29H2,1-8H3,(H,56,64)(H,58,62)(H,59,63)/t33?,34?,39-,42+,45-,49?,50?/m1/s1. The van der Waals surface area contributed by atoms with Crippen molar-refractivity contribution in [3.05, 3.63) is 105 Å². The van der Waals surface area contributed by atoms with Gasteiger partial charge < -0.3 is 35.4 Å². The molecule has 362 valence electrons. The smallest absolute Gasteiger partial charge is 0.251 e. The first-order valence-corrected chi connectivity index (χ1v) is 24.8. The van der Waals surface area contributed by atoms with E-state index in [4.69, 9.17) is 21.1 Å². The second-order valence-corrected chi connectivity index (χ2v) is 22.4. The summed E-state index contributed by atoms with van der Waals surface area (Å²) in [6, 6.07) is 20.9. The Balaban J connectivity index is 0.842. The zero-order valence-corrected chi connectivity index (χ0v) is 41.9. The topological polar surface area (TPSA) is 183 Å². The average Bonchev–Trinajstić information content (AvgIpc) is 3.93. The number of nitriles is 1. The van der Waals surface area contributed by atoms with Crippen LogP contribution in [0.3, 0.4) is 0 Å². The number of benzene rings is 3. The highest BCUT2D eigenvalue weighted by atomic mass is 35.5. The molecular weight excluding hydrogens is 900 g/mol. The van der Waals surface area contributed by atoms with Crippen molar-refractivity contribution in [1.82, 2.24) is 25.8 Å². The monoisotopic (exact) mass is 964 g/mol. The fourth-order valence-corrected chi connectivity index (χ4v) is 11.7. The van der Waals surface area contributed by atoms with Crippen molar-refractivity contribution in [2.75, 3.05) is 19.8 Å². The number of carbonyl (C=O) groups is 4. The summed E-state index contributed by atoms with van der Waals surface area (Å²) in [5.41, 5.74) is 5.48. The number of aromatic nitrogens is 1. The maximum Gasteiger partial charge on any atom is 0.251 e. The van der Waals surface area contributed by atoms with E-state index < -0.39 is 35.4 Å². The zero-order valence-electron chi connectivity index (χ0n) is 40.4. The van der Waals surface area contributed by atoms with E-state index in [2.05, 4.69) is 54.7 Å². The van der Waals surface area contributed by atoms with E-state index in [9.17, 15) is 29.5 Å². The zero-order chi connectivity index (χ0) is 49.1. The Bertz CT molecular complexity index is 2490. The van der Waals surface area contributed by atoms with Crippen LogP contribution >= 0.6 is 22.9 Å². The minimum Gasteiger partial charge on any atom is -0.489 e. The fourth-order valence-electron chi connectivity index (χ4n) is 10.7. The molecule has 1 saturated heterocycles. The summed E-state index contributed by atoms with van der Waals surface area (Å²) in [4.78, 5) is 61.2. The number of hydrogen-bond donors (Lipinski definition) is 4. The number of β-amino-alcohol motifs (C(OH)–C–C–N with tert-alkyl or cyclic N) is 1. The Morgan fingerprint density at radius 1 is 0.985 bits per heavy atom. The molecule has 0 radical (unpaired) electrons. The van der Waals surface area contributed by atoms with Crippen LogP contribution in [0.4, 0.5) is 0 Å². The lowest BCUT2D eigenvalue weighted by Crippen LogP contribution is -2.74. The molecule has 13 nitrogen and oxygen atoms in total. The second kappa shape index (κ2) is 20.7. The minimum atomic E-state index is -0.944. The summed E-state index contributed by atoms with van der Waals surface area (Å²) in [7, 11) is 0. The highest BCUT2D eigenvalue weighted by molar-refractivity contribution is 7.13. The molecule has 0 bridgehead atoms.